The molecule has 1 heterocycles. The number of aliphatic carboxylic acids is 1. The third kappa shape index (κ3) is 2.29. The molecular weight excluding hydrogens is 248 g/mol. The fourth-order valence-electron chi connectivity index (χ4n) is 2.76. The number of ether oxygens (including phenoxy) is 1. The van der Waals surface area contributed by atoms with Crippen molar-refractivity contribution in [3.63, 3.8) is 0 Å². The standard InChI is InChI=1S/C13H22N2O4/c1-12(2)10(13(12,3)4)14-11(18)15-5-6-19-8(7-15)9(16)17/h8,10H,5-7H2,1-4H3,(H,14,18)(H,16,17). The Morgan fingerprint density at radius 2 is 1.84 bits per heavy atom. The van der Waals surface area contributed by atoms with Crippen LogP contribution in [0.1, 0.15) is 27.7 Å². The smallest absolute Gasteiger partial charge is 0.334 e. The van der Waals surface area contributed by atoms with Crippen LogP contribution in [-0.4, -0.2) is 53.8 Å². The molecule has 2 rings (SSSR count). The molecule has 1 saturated heterocycles. The average molecular weight is 270 g/mol. The van der Waals surface area contributed by atoms with Crippen molar-refractivity contribution < 1.29 is 19.4 Å². The molecule has 1 saturated carbocycles. The van der Waals surface area contributed by atoms with E-state index in [1.807, 2.05) is 0 Å². The van der Waals surface area contributed by atoms with Crippen molar-refractivity contribution >= 4 is 12.0 Å². The van der Waals surface area contributed by atoms with Gasteiger partial charge in [-0.15, -0.1) is 0 Å². The van der Waals surface area contributed by atoms with Crippen LogP contribution in [0, 0.1) is 10.8 Å². The first-order chi connectivity index (χ1) is 8.68. The highest BCUT2D eigenvalue weighted by molar-refractivity contribution is 5.78. The maximum absolute atomic E-state index is 12.2. The number of carbonyl (C=O) groups is 2. The second-order valence-corrected chi connectivity index (χ2v) is 6.47. The van der Waals surface area contributed by atoms with E-state index in [0.717, 1.165) is 0 Å². The van der Waals surface area contributed by atoms with Crippen molar-refractivity contribution in [1.82, 2.24) is 10.2 Å². The van der Waals surface area contributed by atoms with Gasteiger partial charge in [-0.3, -0.25) is 0 Å². The minimum Gasteiger partial charge on any atom is -0.479 e. The second kappa shape index (κ2) is 4.37. The number of urea groups is 1. The normalized spacial score (nSPS) is 28.8. The highest BCUT2D eigenvalue weighted by Crippen LogP contribution is 2.62. The summed E-state index contributed by atoms with van der Waals surface area (Å²) in [5.41, 5.74) is 0.141. The van der Waals surface area contributed by atoms with Gasteiger partial charge in [-0.05, 0) is 10.8 Å². The van der Waals surface area contributed by atoms with E-state index >= 15 is 0 Å². The first-order valence-electron chi connectivity index (χ1n) is 6.58. The Bertz CT molecular complexity index is 391. The first kappa shape index (κ1) is 14.1. The number of nitrogens with zero attached hydrogens (tertiary/aromatic N) is 1. The van der Waals surface area contributed by atoms with E-state index < -0.39 is 12.1 Å². The summed E-state index contributed by atoms with van der Waals surface area (Å²) in [5.74, 6) is -1.02. The van der Waals surface area contributed by atoms with Crippen LogP contribution < -0.4 is 5.32 Å². The van der Waals surface area contributed by atoms with Gasteiger partial charge in [-0.2, -0.15) is 0 Å². The maximum Gasteiger partial charge on any atom is 0.334 e. The molecule has 2 aliphatic rings. The van der Waals surface area contributed by atoms with Crippen molar-refractivity contribution in [2.24, 2.45) is 10.8 Å². The summed E-state index contributed by atoms with van der Waals surface area (Å²) in [5, 5.41) is 11.9. The molecule has 2 amide bonds. The van der Waals surface area contributed by atoms with Crippen LogP contribution in [0.15, 0.2) is 0 Å². The van der Waals surface area contributed by atoms with E-state index in [1.165, 1.54) is 4.90 Å². The Balaban J connectivity index is 1.93. The van der Waals surface area contributed by atoms with Gasteiger partial charge in [0.25, 0.3) is 0 Å². The quantitative estimate of drug-likeness (QED) is 0.782. The van der Waals surface area contributed by atoms with E-state index in [1.54, 1.807) is 0 Å². The van der Waals surface area contributed by atoms with E-state index in [-0.39, 0.29) is 36.1 Å². The SMILES string of the molecule is CC1(C)C(NC(=O)N2CCOC(C(=O)O)C2)C1(C)C. The second-order valence-electron chi connectivity index (χ2n) is 6.47. The number of carboxylic acid groups (broad SMARTS) is 1. The highest BCUT2D eigenvalue weighted by atomic mass is 16.5. The van der Waals surface area contributed by atoms with Crippen LogP contribution in [-0.2, 0) is 9.53 Å². The van der Waals surface area contributed by atoms with Gasteiger partial charge in [-0.1, -0.05) is 27.7 Å². The molecule has 1 aliphatic heterocycles. The number of rotatable bonds is 2. The Labute approximate surface area is 113 Å². The number of nitrogens with one attached hydrogen (secondary N) is 1. The molecule has 1 atom stereocenters. The van der Waals surface area contributed by atoms with Crippen LogP contribution >= 0.6 is 0 Å². The summed E-state index contributed by atoms with van der Waals surface area (Å²) in [6, 6.07) is -0.0724. The van der Waals surface area contributed by atoms with E-state index in [0.29, 0.717) is 6.54 Å². The first-order valence-corrected chi connectivity index (χ1v) is 6.58. The molecule has 2 fully saturated rings. The van der Waals surface area contributed by atoms with Gasteiger partial charge < -0.3 is 20.1 Å². The number of carbonyl (C=O) groups excluding carboxylic acids is 1. The van der Waals surface area contributed by atoms with Crippen LogP contribution in [0.5, 0.6) is 0 Å². The molecule has 6 nitrogen and oxygen atoms in total. The Kier molecular flexibility index (Phi) is 3.24. The van der Waals surface area contributed by atoms with Gasteiger partial charge in [0.1, 0.15) is 0 Å². The molecule has 108 valence electrons. The molecule has 0 spiro atoms. The number of carboxylic acids is 1. The predicted molar refractivity (Wildman–Crippen MR) is 68.8 cm³/mol. The predicted octanol–water partition coefficient (Wildman–Crippen LogP) is 0.916. The lowest BCUT2D eigenvalue weighted by atomic mass is 10.0. The van der Waals surface area contributed by atoms with Gasteiger partial charge in [0.15, 0.2) is 6.10 Å². The maximum atomic E-state index is 12.2. The van der Waals surface area contributed by atoms with E-state index in [4.69, 9.17) is 9.84 Å². The highest BCUT2D eigenvalue weighted by Gasteiger charge is 2.65. The molecule has 0 aromatic rings. The number of hydrogen-bond donors (Lipinski definition) is 2. The molecule has 0 aromatic carbocycles. The summed E-state index contributed by atoms with van der Waals surface area (Å²) in [6.45, 7) is 9.29. The van der Waals surface area contributed by atoms with Gasteiger partial charge in [0.2, 0.25) is 0 Å². The minimum atomic E-state index is -1.02. The van der Waals surface area contributed by atoms with E-state index in [2.05, 4.69) is 33.0 Å². The molecule has 1 aliphatic carbocycles. The van der Waals surface area contributed by atoms with Gasteiger partial charge in [0.05, 0.1) is 13.2 Å². The van der Waals surface area contributed by atoms with Crippen LogP contribution in [0.2, 0.25) is 0 Å². The molecule has 0 aromatic heterocycles. The molecule has 2 N–H and O–H groups in total. The zero-order valence-electron chi connectivity index (χ0n) is 11.9. The van der Waals surface area contributed by atoms with Crippen LogP contribution in [0.25, 0.3) is 0 Å². The molecule has 0 radical (unpaired) electrons. The van der Waals surface area contributed by atoms with Crippen molar-refractivity contribution in [3.8, 4) is 0 Å². The summed E-state index contributed by atoms with van der Waals surface area (Å²) in [4.78, 5) is 24.6. The Morgan fingerprint density at radius 3 is 2.32 bits per heavy atom. The van der Waals surface area contributed by atoms with Crippen LogP contribution in [0.4, 0.5) is 4.79 Å². The lowest BCUT2D eigenvalue weighted by molar-refractivity contribution is -0.154. The molecular formula is C13H22N2O4. The summed E-state index contributed by atoms with van der Waals surface area (Å²) in [7, 11) is 0. The Hall–Kier alpha value is -1.30. The summed E-state index contributed by atoms with van der Waals surface area (Å²) >= 11 is 0. The van der Waals surface area contributed by atoms with E-state index in [9.17, 15) is 9.59 Å². The number of morpholine rings is 1. The lowest BCUT2D eigenvalue weighted by Crippen LogP contribution is -2.52. The fraction of sp³-hybridized carbons (Fsp3) is 0.846. The zero-order valence-corrected chi connectivity index (χ0v) is 11.9. The van der Waals surface area contributed by atoms with Crippen molar-refractivity contribution in [3.05, 3.63) is 0 Å². The third-order valence-electron chi connectivity index (χ3n) is 4.92. The van der Waals surface area contributed by atoms with Crippen molar-refractivity contribution in [1.29, 1.82) is 0 Å². The molecule has 0 bridgehead atoms. The number of hydrogen-bond acceptors (Lipinski definition) is 3. The monoisotopic (exact) mass is 270 g/mol. The average Bonchev–Trinajstić information content (AvgIpc) is 2.71. The third-order valence-corrected chi connectivity index (χ3v) is 4.92. The molecule has 1 unspecified atom stereocenters. The van der Waals surface area contributed by atoms with Gasteiger partial charge in [0, 0.05) is 12.6 Å². The largest absolute Gasteiger partial charge is 0.479 e. The fourth-order valence-corrected chi connectivity index (χ4v) is 2.76. The lowest BCUT2D eigenvalue weighted by Gasteiger charge is -2.31. The molecule has 6 heteroatoms. The van der Waals surface area contributed by atoms with Gasteiger partial charge in [-0.25, -0.2) is 9.59 Å². The summed E-state index contributed by atoms with van der Waals surface area (Å²) < 4.78 is 5.10. The zero-order chi connectivity index (χ0) is 14.4. The van der Waals surface area contributed by atoms with Crippen molar-refractivity contribution in [2.45, 2.75) is 39.8 Å². The Morgan fingerprint density at radius 1 is 1.26 bits per heavy atom. The molecule has 19 heavy (non-hydrogen) atoms. The van der Waals surface area contributed by atoms with Crippen LogP contribution in [0.3, 0.4) is 0 Å². The minimum absolute atomic E-state index is 0.0706. The van der Waals surface area contributed by atoms with Gasteiger partial charge >= 0.3 is 12.0 Å². The summed E-state index contributed by atoms with van der Waals surface area (Å²) in [6.07, 6.45) is -0.917. The topological polar surface area (TPSA) is 78.9 Å². The van der Waals surface area contributed by atoms with Crippen molar-refractivity contribution in [2.75, 3.05) is 19.7 Å². The number of amides is 2.